The molecule has 0 N–H and O–H groups in total. The van der Waals surface area contributed by atoms with E-state index in [1.54, 1.807) is 22.3 Å². The van der Waals surface area contributed by atoms with Crippen molar-refractivity contribution in [1.29, 1.82) is 0 Å². The molecule has 4 aromatic rings. The second-order valence-corrected chi connectivity index (χ2v) is 35.0. The monoisotopic (exact) mass is 800 g/mol. The molecular weight excluding hydrogens is 743 g/mol. The predicted molar refractivity (Wildman–Crippen MR) is 207 cm³/mol. The first-order chi connectivity index (χ1) is 22.7. The van der Waals surface area contributed by atoms with Crippen LogP contribution in [0.2, 0.25) is 9.36 Å². The Morgan fingerprint density at radius 1 is 0.562 bits per heavy atom. The molecule has 1 heteroatoms. The summed E-state index contributed by atoms with van der Waals surface area (Å²) in [5.74, 6) is 0. The molecule has 2 unspecified atom stereocenters. The van der Waals surface area contributed by atoms with Gasteiger partial charge in [0.25, 0.3) is 0 Å². The van der Waals surface area contributed by atoms with Gasteiger partial charge in [0.1, 0.15) is 0 Å². The number of hydrogen-bond acceptors (Lipinski definition) is 0. The standard InChI is InChI=1S/C45H50.2CH3.Hf/c1-9-23-45(24-10-2,37-27-33-17-13-21-39(41(33)29-37)31-15-11-19-35(25-31)43(3,4)5)38-28-34-18-14-22-40(42(34)30-38)32-16-12-20-36(26-32)44(6,7)8;;;/h11-22,25-30H,9-10,23-24H2,1-8H3;2*1H3;. The van der Waals surface area contributed by atoms with E-state index in [1.165, 1.54) is 70.2 Å². The number of fused-ring (bicyclic) bond motifs is 6. The Balaban J connectivity index is 1.45. The van der Waals surface area contributed by atoms with Gasteiger partial charge in [0, 0.05) is 0 Å². The molecule has 0 spiro atoms. The van der Waals surface area contributed by atoms with Crippen LogP contribution < -0.4 is 0 Å². The Labute approximate surface area is 296 Å². The van der Waals surface area contributed by atoms with Crippen molar-refractivity contribution in [3.63, 3.8) is 0 Å². The third kappa shape index (κ3) is 5.25. The molecule has 1 saturated heterocycles. The normalized spacial score (nSPS) is 20.4. The molecule has 3 aliphatic rings. The summed E-state index contributed by atoms with van der Waals surface area (Å²) in [5.41, 5.74) is 18.6. The van der Waals surface area contributed by atoms with Crippen molar-refractivity contribution in [2.45, 2.75) is 109 Å². The summed E-state index contributed by atoms with van der Waals surface area (Å²) >= 11 is -3.16. The Kier molecular flexibility index (Phi) is 8.38. The van der Waals surface area contributed by atoms with Gasteiger partial charge in [-0.1, -0.05) is 0 Å². The Hall–Kier alpha value is -2.77. The molecule has 2 atom stereocenters. The first-order valence-electron chi connectivity index (χ1n) is 18.6. The van der Waals surface area contributed by atoms with E-state index in [1.807, 2.05) is 0 Å². The fourth-order valence-corrected chi connectivity index (χ4v) is 27.0. The average molecular weight is 799 g/mol. The summed E-state index contributed by atoms with van der Waals surface area (Å²) in [5, 5.41) is 0. The van der Waals surface area contributed by atoms with Crippen molar-refractivity contribution >= 4 is 12.2 Å². The summed E-state index contributed by atoms with van der Waals surface area (Å²) in [6.45, 7) is 18.8. The number of benzene rings is 4. The van der Waals surface area contributed by atoms with E-state index in [4.69, 9.17) is 0 Å². The average Bonchev–Trinajstić information content (AvgIpc) is 3.65. The van der Waals surface area contributed by atoms with Gasteiger partial charge in [-0.15, -0.1) is 0 Å². The molecular formula is C47H56Hf. The van der Waals surface area contributed by atoms with Gasteiger partial charge in [-0.25, -0.2) is 0 Å². The van der Waals surface area contributed by atoms with Crippen LogP contribution in [0.3, 0.4) is 0 Å². The van der Waals surface area contributed by atoms with Crippen LogP contribution in [0, 0.1) is 5.41 Å². The molecule has 1 heterocycles. The van der Waals surface area contributed by atoms with Crippen LogP contribution in [0.1, 0.15) is 122 Å². The van der Waals surface area contributed by atoms with E-state index in [2.05, 4.69) is 162 Å². The van der Waals surface area contributed by atoms with Crippen LogP contribution in [0.25, 0.3) is 34.4 Å². The molecule has 48 heavy (non-hydrogen) atoms. The molecule has 248 valence electrons. The minimum atomic E-state index is -3.16. The molecule has 7 rings (SSSR count). The van der Waals surface area contributed by atoms with Crippen molar-refractivity contribution in [2.75, 3.05) is 0 Å². The van der Waals surface area contributed by atoms with Crippen LogP contribution in [0.5, 0.6) is 0 Å². The fraction of sp³-hybridized carbons (Fsp3) is 0.404. The van der Waals surface area contributed by atoms with Gasteiger partial charge in [-0.05, 0) is 0 Å². The predicted octanol–water partition coefficient (Wildman–Crippen LogP) is 14.0. The zero-order chi connectivity index (χ0) is 34.2. The number of allylic oxidation sites excluding steroid dienone is 2. The van der Waals surface area contributed by atoms with E-state index in [0.29, 0.717) is 7.35 Å². The molecule has 0 amide bonds. The van der Waals surface area contributed by atoms with Crippen molar-refractivity contribution < 1.29 is 20.0 Å². The molecule has 0 saturated carbocycles. The van der Waals surface area contributed by atoms with Gasteiger partial charge in [-0.2, -0.15) is 0 Å². The molecule has 1 fully saturated rings. The Morgan fingerprint density at radius 2 is 0.958 bits per heavy atom. The Morgan fingerprint density at radius 3 is 1.33 bits per heavy atom. The molecule has 0 radical (unpaired) electrons. The maximum absolute atomic E-state index is 3.16. The Bertz CT molecular complexity index is 1810. The van der Waals surface area contributed by atoms with E-state index < -0.39 is 20.0 Å². The van der Waals surface area contributed by atoms with Crippen LogP contribution in [0.4, 0.5) is 0 Å². The quantitative estimate of drug-likeness (QED) is 0.170. The zero-order valence-electron chi connectivity index (χ0n) is 31.2. The van der Waals surface area contributed by atoms with Crippen molar-refractivity contribution in [3.8, 4) is 22.3 Å². The molecule has 0 bridgehead atoms. The van der Waals surface area contributed by atoms with Gasteiger partial charge < -0.3 is 0 Å². The van der Waals surface area contributed by atoms with Crippen LogP contribution in [0.15, 0.2) is 96.1 Å². The second-order valence-electron chi connectivity index (χ2n) is 17.7. The van der Waals surface area contributed by atoms with Gasteiger partial charge in [0.2, 0.25) is 0 Å². The first kappa shape index (κ1) is 33.7. The van der Waals surface area contributed by atoms with E-state index in [-0.39, 0.29) is 16.2 Å². The van der Waals surface area contributed by atoms with E-state index in [0.717, 1.165) is 0 Å². The van der Waals surface area contributed by atoms with Crippen LogP contribution in [-0.2, 0) is 30.8 Å². The first-order valence-corrected chi connectivity index (χ1v) is 30.0. The van der Waals surface area contributed by atoms with Gasteiger partial charge in [0.15, 0.2) is 0 Å². The third-order valence-electron chi connectivity index (χ3n) is 12.1. The van der Waals surface area contributed by atoms with Crippen LogP contribution >= 0.6 is 0 Å². The zero-order valence-corrected chi connectivity index (χ0v) is 34.8. The van der Waals surface area contributed by atoms with Gasteiger partial charge in [-0.3, -0.25) is 0 Å². The third-order valence-corrected chi connectivity index (χ3v) is 27.3. The summed E-state index contributed by atoms with van der Waals surface area (Å²) in [7, 11) is 0. The molecule has 2 aliphatic carbocycles. The second kappa shape index (κ2) is 11.9. The summed E-state index contributed by atoms with van der Waals surface area (Å²) in [6, 6.07) is 33.3. The van der Waals surface area contributed by atoms with E-state index >= 15 is 0 Å². The van der Waals surface area contributed by atoms with Crippen molar-refractivity contribution in [1.82, 2.24) is 0 Å². The topological polar surface area (TPSA) is 0 Å². The summed E-state index contributed by atoms with van der Waals surface area (Å²) in [6.07, 6.45) is 10.4. The fourth-order valence-electron chi connectivity index (χ4n) is 9.94. The maximum atomic E-state index is 2.80. The van der Waals surface area contributed by atoms with Gasteiger partial charge in [0.05, 0.1) is 0 Å². The molecule has 4 aromatic carbocycles. The van der Waals surface area contributed by atoms with Crippen LogP contribution in [-0.4, -0.2) is 0 Å². The SMILES string of the molecule is CCCC1(CCC)C2=Cc3c(-c4cccc(C(C)(C)C)c4)cccc3[CH]2[Hf]([CH3])([CH3])[CH]2C1=Cc1c(-c3cccc(C(C)(C)C)c3)cccc12. The van der Waals surface area contributed by atoms with Crippen molar-refractivity contribution in [3.05, 3.63) is 129 Å². The molecule has 0 aromatic heterocycles. The summed E-state index contributed by atoms with van der Waals surface area (Å²) < 4.78 is 6.82. The van der Waals surface area contributed by atoms with E-state index in [9.17, 15) is 0 Å². The summed E-state index contributed by atoms with van der Waals surface area (Å²) in [4.78, 5) is 0. The van der Waals surface area contributed by atoms with Gasteiger partial charge >= 0.3 is 298 Å². The number of hydrogen-bond donors (Lipinski definition) is 0. The van der Waals surface area contributed by atoms with Crippen molar-refractivity contribution in [2.24, 2.45) is 5.41 Å². The number of rotatable bonds is 6. The molecule has 1 aliphatic heterocycles. The minimum absolute atomic E-state index is 0.113. The molecule has 0 nitrogen and oxygen atoms in total.